The number of nitrogens with zero attached hydrogens (tertiary/aromatic N) is 1. The van der Waals surface area contributed by atoms with Crippen molar-refractivity contribution in [2.45, 2.75) is 52.1 Å². The Morgan fingerprint density at radius 1 is 1.57 bits per heavy atom. The molecule has 2 aliphatic rings. The van der Waals surface area contributed by atoms with Crippen molar-refractivity contribution in [3.8, 4) is 0 Å². The van der Waals surface area contributed by atoms with E-state index >= 15 is 0 Å². The van der Waals surface area contributed by atoms with Crippen LogP contribution in [0.1, 0.15) is 40.0 Å². The van der Waals surface area contributed by atoms with Gasteiger partial charge in [0.25, 0.3) is 0 Å². The SMILES string of the molecule is CCCC1NCN(C2CC2(C)C)C1=O. The fourth-order valence-electron chi connectivity index (χ4n) is 2.32. The van der Waals surface area contributed by atoms with E-state index in [1.54, 1.807) is 0 Å². The standard InChI is InChI=1S/C11H20N2O/c1-4-5-8-10(14)13(7-12-8)9-6-11(9,2)3/h8-9,12H,4-7H2,1-3H3. The van der Waals surface area contributed by atoms with E-state index in [4.69, 9.17) is 0 Å². The van der Waals surface area contributed by atoms with Gasteiger partial charge in [-0.05, 0) is 18.3 Å². The van der Waals surface area contributed by atoms with Gasteiger partial charge in [0.15, 0.2) is 0 Å². The van der Waals surface area contributed by atoms with Gasteiger partial charge in [0.2, 0.25) is 5.91 Å². The zero-order valence-electron chi connectivity index (χ0n) is 9.34. The van der Waals surface area contributed by atoms with E-state index in [0.717, 1.165) is 19.5 Å². The molecule has 3 heteroatoms. The highest BCUT2D eigenvalue weighted by Gasteiger charge is 2.53. The molecule has 0 aromatic rings. The maximum Gasteiger partial charge on any atom is 0.241 e. The van der Waals surface area contributed by atoms with Crippen LogP contribution in [-0.2, 0) is 4.79 Å². The van der Waals surface area contributed by atoms with Crippen molar-refractivity contribution in [3.05, 3.63) is 0 Å². The van der Waals surface area contributed by atoms with Gasteiger partial charge in [-0.1, -0.05) is 27.2 Å². The number of hydrogen-bond acceptors (Lipinski definition) is 2. The van der Waals surface area contributed by atoms with E-state index in [-0.39, 0.29) is 6.04 Å². The molecule has 0 aromatic heterocycles. The Morgan fingerprint density at radius 2 is 2.21 bits per heavy atom. The zero-order valence-corrected chi connectivity index (χ0v) is 9.34. The minimum Gasteiger partial charge on any atom is -0.325 e. The van der Waals surface area contributed by atoms with Gasteiger partial charge in [-0.2, -0.15) is 0 Å². The largest absolute Gasteiger partial charge is 0.325 e. The van der Waals surface area contributed by atoms with E-state index in [0.29, 0.717) is 17.4 Å². The third-order valence-electron chi connectivity index (χ3n) is 3.50. The van der Waals surface area contributed by atoms with Crippen molar-refractivity contribution in [1.29, 1.82) is 0 Å². The maximum atomic E-state index is 11.9. The van der Waals surface area contributed by atoms with Crippen LogP contribution in [0.4, 0.5) is 0 Å². The summed E-state index contributed by atoms with van der Waals surface area (Å²) in [5.41, 5.74) is 0.360. The molecule has 1 N–H and O–H groups in total. The molecule has 1 aliphatic carbocycles. The van der Waals surface area contributed by atoms with Gasteiger partial charge in [0, 0.05) is 6.04 Å². The predicted octanol–water partition coefficient (Wildman–Crippen LogP) is 1.34. The molecule has 2 rings (SSSR count). The first-order valence-electron chi connectivity index (χ1n) is 5.60. The minimum atomic E-state index is 0.0939. The second kappa shape index (κ2) is 3.23. The number of carbonyl (C=O) groups is 1. The van der Waals surface area contributed by atoms with Crippen LogP contribution < -0.4 is 5.32 Å². The Labute approximate surface area is 85.8 Å². The van der Waals surface area contributed by atoms with Crippen molar-refractivity contribution in [1.82, 2.24) is 10.2 Å². The van der Waals surface area contributed by atoms with Gasteiger partial charge in [0.1, 0.15) is 0 Å². The van der Waals surface area contributed by atoms with Crippen LogP contribution in [0, 0.1) is 5.41 Å². The third kappa shape index (κ3) is 1.54. The molecule has 80 valence electrons. The summed E-state index contributed by atoms with van der Waals surface area (Å²) in [5, 5.41) is 3.29. The number of nitrogens with one attached hydrogen (secondary N) is 1. The van der Waals surface area contributed by atoms with Gasteiger partial charge in [-0.3, -0.25) is 10.1 Å². The summed E-state index contributed by atoms with van der Waals surface area (Å²) in [6, 6.07) is 0.584. The van der Waals surface area contributed by atoms with Crippen molar-refractivity contribution in [2.24, 2.45) is 5.41 Å². The molecule has 2 fully saturated rings. The molecule has 1 amide bonds. The van der Waals surface area contributed by atoms with Crippen LogP contribution in [0.2, 0.25) is 0 Å². The fourth-order valence-corrected chi connectivity index (χ4v) is 2.32. The first-order chi connectivity index (χ1) is 6.56. The van der Waals surface area contributed by atoms with E-state index < -0.39 is 0 Å². The monoisotopic (exact) mass is 196 g/mol. The summed E-state index contributed by atoms with van der Waals surface area (Å²) in [5.74, 6) is 0.322. The molecule has 1 saturated heterocycles. The van der Waals surface area contributed by atoms with E-state index in [1.807, 2.05) is 4.90 Å². The number of rotatable bonds is 3. The molecule has 0 bridgehead atoms. The second-order valence-corrected chi connectivity index (χ2v) is 5.22. The lowest BCUT2D eigenvalue weighted by Crippen LogP contribution is -2.33. The topological polar surface area (TPSA) is 32.3 Å². The van der Waals surface area contributed by atoms with Crippen molar-refractivity contribution in [2.75, 3.05) is 6.67 Å². The molecule has 0 aromatic carbocycles. The third-order valence-corrected chi connectivity index (χ3v) is 3.50. The lowest BCUT2D eigenvalue weighted by atomic mass is 10.1. The number of carbonyl (C=O) groups excluding carboxylic acids is 1. The van der Waals surface area contributed by atoms with Crippen LogP contribution in [0.3, 0.4) is 0 Å². The Hall–Kier alpha value is -0.570. The lowest BCUT2D eigenvalue weighted by molar-refractivity contribution is -0.129. The first-order valence-corrected chi connectivity index (χ1v) is 5.60. The fraction of sp³-hybridized carbons (Fsp3) is 0.909. The Balaban J connectivity index is 1.95. The molecular weight excluding hydrogens is 176 g/mol. The van der Waals surface area contributed by atoms with Crippen molar-refractivity contribution < 1.29 is 4.79 Å². The molecule has 3 nitrogen and oxygen atoms in total. The van der Waals surface area contributed by atoms with Gasteiger partial charge in [-0.15, -0.1) is 0 Å². The van der Waals surface area contributed by atoms with Crippen molar-refractivity contribution in [3.63, 3.8) is 0 Å². The molecule has 14 heavy (non-hydrogen) atoms. The van der Waals surface area contributed by atoms with Gasteiger partial charge >= 0.3 is 0 Å². The molecule has 2 unspecified atom stereocenters. The molecule has 1 saturated carbocycles. The average molecular weight is 196 g/mol. The van der Waals surface area contributed by atoms with E-state index in [2.05, 4.69) is 26.1 Å². The highest BCUT2D eigenvalue weighted by molar-refractivity contribution is 5.84. The molecule has 0 radical (unpaired) electrons. The van der Waals surface area contributed by atoms with E-state index in [9.17, 15) is 4.79 Å². The van der Waals surface area contributed by atoms with E-state index in [1.165, 1.54) is 6.42 Å². The summed E-state index contributed by atoms with van der Waals surface area (Å²) < 4.78 is 0. The quantitative estimate of drug-likeness (QED) is 0.739. The molecular formula is C11H20N2O. The Bertz CT molecular complexity index is 250. The summed E-state index contributed by atoms with van der Waals surface area (Å²) >= 11 is 0. The molecule has 0 spiro atoms. The second-order valence-electron chi connectivity index (χ2n) is 5.22. The minimum absolute atomic E-state index is 0.0939. The van der Waals surface area contributed by atoms with Crippen LogP contribution in [0.25, 0.3) is 0 Å². The smallest absolute Gasteiger partial charge is 0.241 e. The molecule has 1 aliphatic heterocycles. The summed E-state index contributed by atoms with van der Waals surface area (Å²) in [6.07, 6.45) is 3.22. The zero-order chi connectivity index (χ0) is 10.3. The summed E-state index contributed by atoms with van der Waals surface area (Å²) in [4.78, 5) is 14.0. The van der Waals surface area contributed by atoms with Gasteiger partial charge in [-0.25, -0.2) is 0 Å². The van der Waals surface area contributed by atoms with Crippen molar-refractivity contribution >= 4 is 5.91 Å². The predicted molar refractivity (Wildman–Crippen MR) is 55.7 cm³/mol. The normalized spacial score (nSPS) is 35.1. The molecule has 1 heterocycles. The summed E-state index contributed by atoms with van der Waals surface area (Å²) in [6.45, 7) is 7.35. The number of hydrogen-bond donors (Lipinski definition) is 1. The van der Waals surface area contributed by atoms with Crippen LogP contribution in [0.5, 0.6) is 0 Å². The summed E-state index contributed by atoms with van der Waals surface area (Å²) in [7, 11) is 0. The number of amides is 1. The highest BCUT2D eigenvalue weighted by Crippen LogP contribution is 2.49. The van der Waals surface area contributed by atoms with Crippen LogP contribution >= 0.6 is 0 Å². The van der Waals surface area contributed by atoms with Gasteiger partial charge < -0.3 is 4.90 Å². The highest BCUT2D eigenvalue weighted by atomic mass is 16.2. The molecule has 2 atom stereocenters. The van der Waals surface area contributed by atoms with Crippen LogP contribution in [0.15, 0.2) is 0 Å². The Kier molecular flexibility index (Phi) is 2.30. The first kappa shape index (κ1) is 9.97. The average Bonchev–Trinajstić information content (AvgIpc) is 2.57. The lowest BCUT2D eigenvalue weighted by Gasteiger charge is -2.17. The maximum absolute atomic E-state index is 11.9. The van der Waals surface area contributed by atoms with Crippen LogP contribution in [-0.4, -0.2) is 29.6 Å². The Morgan fingerprint density at radius 3 is 2.71 bits per heavy atom. The van der Waals surface area contributed by atoms with Gasteiger partial charge in [0.05, 0.1) is 12.7 Å².